The van der Waals surface area contributed by atoms with Gasteiger partial charge in [0.05, 0.1) is 0 Å². The summed E-state index contributed by atoms with van der Waals surface area (Å²) >= 11 is 0. The molecule has 0 amide bonds. The standard InChI is InChI=1S/C3HN3O2/c1-2-3(5-7-1)4-6-8-2/h1H. The van der Waals surface area contributed by atoms with Crippen LogP contribution in [0.4, 0.5) is 0 Å². The van der Waals surface area contributed by atoms with E-state index in [1.54, 1.807) is 0 Å². The smallest absolute Gasteiger partial charge is 0.265 e. The molecule has 2 aromatic heterocycles. The van der Waals surface area contributed by atoms with Gasteiger partial charge in [-0.1, -0.05) is 10.3 Å². The largest absolute Gasteiger partial charge is 0.358 e. The van der Waals surface area contributed by atoms with Gasteiger partial charge in [0.2, 0.25) is 5.58 Å². The van der Waals surface area contributed by atoms with Gasteiger partial charge >= 0.3 is 0 Å². The van der Waals surface area contributed by atoms with E-state index in [1.165, 1.54) is 6.26 Å². The third-order valence-corrected chi connectivity index (χ3v) is 0.794. The molecule has 8 heavy (non-hydrogen) atoms. The maximum Gasteiger partial charge on any atom is 0.265 e. The Morgan fingerprint density at radius 3 is 3.38 bits per heavy atom. The molecule has 0 aliphatic carbocycles. The van der Waals surface area contributed by atoms with Crippen LogP contribution in [-0.4, -0.2) is 15.5 Å². The summed E-state index contributed by atoms with van der Waals surface area (Å²) in [6.45, 7) is 0. The average molecular weight is 111 g/mol. The van der Waals surface area contributed by atoms with Gasteiger partial charge in [-0.15, -0.1) is 0 Å². The number of aromatic nitrogens is 3. The first-order chi connectivity index (χ1) is 3.97. The highest BCUT2D eigenvalue weighted by atomic mass is 16.5. The monoisotopic (exact) mass is 111 g/mol. The van der Waals surface area contributed by atoms with Crippen LogP contribution in [0.25, 0.3) is 11.2 Å². The van der Waals surface area contributed by atoms with Crippen molar-refractivity contribution in [3.05, 3.63) is 6.26 Å². The van der Waals surface area contributed by atoms with Crippen LogP contribution < -0.4 is 0 Å². The third kappa shape index (κ3) is 0.281. The number of hydrogen-bond acceptors (Lipinski definition) is 5. The van der Waals surface area contributed by atoms with Crippen molar-refractivity contribution in [1.29, 1.82) is 0 Å². The molecule has 2 rings (SSSR count). The highest BCUT2D eigenvalue weighted by molar-refractivity contribution is 5.63. The van der Waals surface area contributed by atoms with Crippen LogP contribution in [0.3, 0.4) is 0 Å². The molecule has 0 radical (unpaired) electrons. The summed E-state index contributed by atoms with van der Waals surface area (Å²) < 4.78 is 9.00. The number of hydrogen-bond donors (Lipinski definition) is 0. The van der Waals surface area contributed by atoms with Crippen molar-refractivity contribution in [2.24, 2.45) is 0 Å². The lowest BCUT2D eigenvalue weighted by atomic mass is 10.7. The number of rotatable bonds is 0. The summed E-state index contributed by atoms with van der Waals surface area (Å²) in [6.07, 6.45) is 1.34. The second-order valence-electron chi connectivity index (χ2n) is 1.28. The predicted molar refractivity (Wildman–Crippen MR) is 21.9 cm³/mol. The fourth-order valence-corrected chi connectivity index (χ4v) is 0.455. The van der Waals surface area contributed by atoms with E-state index in [9.17, 15) is 0 Å². The Bertz CT molecular complexity index is 234. The molecule has 0 bridgehead atoms. The molecule has 0 N–H and O–H groups in total. The zero-order chi connectivity index (χ0) is 5.40. The van der Waals surface area contributed by atoms with Crippen molar-refractivity contribution in [2.75, 3.05) is 0 Å². The normalized spacial score (nSPS) is 10.5. The van der Waals surface area contributed by atoms with Crippen LogP contribution >= 0.6 is 0 Å². The minimum absolute atomic E-state index is 0.407. The van der Waals surface area contributed by atoms with Crippen molar-refractivity contribution in [2.45, 2.75) is 0 Å². The second kappa shape index (κ2) is 1.06. The van der Waals surface area contributed by atoms with E-state index >= 15 is 0 Å². The Morgan fingerprint density at radius 1 is 1.50 bits per heavy atom. The minimum Gasteiger partial charge on any atom is -0.358 e. The molecule has 5 nitrogen and oxygen atoms in total. The van der Waals surface area contributed by atoms with Crippen LogP contribution in [0.1, 0.15) is 0 Å². The van der Waals surface area contributed by atoms with Crippen LogP contribution in [0, 0.1) is 0 Å². The molecular weight excluding hydrogens is 110 g/mol. The quantitative estimate of drug-likeness (QED) is 0.486. The van der Waals surface area contributed by atoms with E-state index in [0.717, 1.165) is 0 Å². The Kier molecular flexibility index (Phi) is 0.476. The fourth-order valence-electron chi connectivity index (χ4n) is 0.455. The van der Waals surface area contributed by atoms with Gasteiger partial charge in [0.15, 0.2) is 6.26 Å². The van der Waals surface area contributed by atoms with Gasteiger partial charge in [-0.3, -0.25) is 0 Å². The van der Waals surface area contributed by atoms with Crippen molar-refractivity contribution in [3.63, 3.8) is 0 Å². The van der Waals surface area contributed by atoms with Gasteiger partial charge in [-0.25, -0.2) is 0 Å². The topological polar surface area (TPSA) is 65.0 Å². The molecule has 5 heteroatoms. The van der Waals surface area contributed by atoms with Gasteiger partial charge in [0.25, 0.3) is 5.65 Å². The van der Waals surface area contributed by atoms with E-state index in [4.69, 9.17) is 0 Å². The molecule has 0 unspecified atom stereocenters. The van der Waals surface area contributed by atoms with E-state index in [2.05, 4.69) is 24.6 Å². The molecule has 2 aromatic rings. The molecule has 0 fully saturated rings. The predicted octanol–water partition coefficient (Wildman–Crippen LogP) is 0.211. The summed E-state index contributed by atoms with van der Waals surface area (Å²) in [5.41, 5.74) is 0.884. The second-order valence-corrected chi connectivity index (χ2v) is 1.28. The summed E-state index contributed by atoms with van der Waals surface area (Å²) in [4.78, 5) is 0. The Balaban J connectivity index is 3.06. The number of nitrogens with zero attached hydrogens (tertiary/aromatic N) is 3. The SMILES string of the molecule is c1onc2nnoc12. The molecule has 0 spiro atoms. The maximum absolute atomic E-state index is 4.54. The summed E-state index contributed by atoms with van der Waals surface area (Å²) in [5, 5.41) is 10.1. The summed E-state index contributed by atoms with van der Waals surface area (Å²) in [7, 11) is 0. The van der Waals surface area contributed by atoms with Gasteiger partial charge in [-0.2, -0.15) is 0 Å². The molecule has 0 aliphatic rings. The molecule has 0 aliphatic heterocycles. The zero-order valence-electron chi connectivity index (χ0n) is 3.74. The van der Waals surface area contributed by atoms with Gasteiger partial charge in [0.1, 0.15) is 0 Å². The molecule has 2 heterocycles. The van der Waals surface area contributed by atoms with Crippen LogP contribution in [0.15, 0.2) is 15.3 Å². The number of fused-ring (bicyclic) bond motifs is 1. The lowest BCUT2D eigenvalue weighted by Gasteiger charge is -1.56. The first-order valence-corrected chi connectivity index (χ1v) is 1.99. The lowest BCUT2D eigenvalue weighted by Crippen LogP contribution is -1.64. The van der Waals surface area contributed by atoms with E-state index in [0.29, 0.717) is 11.2 Å². The first-order valence-electron chi connectivity index (χ1n) is 1.99. The highest BCUT2D eigenvalue weighted by Crippen LogP contribution is 2.04. The van der Waals surface area contributed by atoms with Gasteiger partial charge in [-0.05, 0) is 0 Å². The minimum atomic E-state index is 0.407. The van der Waals surface area contributed by atoms with Gasteiger partial charge < -0.3 is 9.05 Å². The van der Waals surface area contributed by atoms with Crippen LogP contribution in [0.2, 0.25) is 0 Å². The van der Waals surface area contributed by atoms with E-state index in [1.807, 2.05) is 0 Å². The molecule has 0 saturated carbocycles. The molecule has 40 valence electrons. The first kappa shape index (κ1) is 3.59. The zero-order valence-corrected chi connectivity index (χ0v) is 3.74. The van der Waals surface area contributed by atoms with Crippen molar-refractivity contribution in [3.8, 4) is 0 Å². The molecule has 0 saturated heterocycles. The Morgan fingerprint density at radius 2 is 2.50 bits per heavy atom. The fraction of sp³-hybridized carbons (Fsp3) is 0. The summed E-state index contributed by atoms with van der Waals surface area (Å²) in [5.74, 6) is 0. The average Bonchev–Trinajstić information content (AvgIpc) is 2.15. The molecular formula is C3HN3O2. The Labute approximate surface area is 43.2 Å². The summed E-state index contributed by atoms with van der Waals surface area (Å²) in [6, 6.07) is 0. The lowest BCUT2D eigenvalue weighted by molar-refractivity contribution is 0.388. The maximum atomic E-state index is 4.54. The van der Waals surface area contributed by atoms with Gasteiger partial charge in [0, 0.05) is 5.27 Å². The van der Waals surface area contributed by atoms with Crippen molar-refractivity contribution >= 4 is 11.2 Å². The third-order valence-electron chi connectivity index (χ3n) is 0.794. The van der Waals surface area contributed by atoms with Crippen LogP contribution in [0.5, 0.6) is 0 Å². The molecule has 0 aromatic carbocycles. The van der Waals surface area contributed by atoms with E-state index < -0.39 is 0 Å². The van der Waals surface area contributed by atoms with Crippen LogP contribution in [-0.2, 0) is 0 Å². The highest BCUT2D eigenvalue weighted by Gasteiger charge is 2.00. The molecule has 0 atom stereocenters. The van der Waals surface area contributed by atoms with Crippen molar-refractivity contribution < 1.29 is 9.05 Å². The van der Waals surface area contributed by atoms with E-state index in [-0.39, 0.29) is 0 Å². The Hall–Kier alpha value is -1.39. The van der Waals surface area contributed by atoms with Crippen molar-refractivity contribution in [1.82, 2.24) is 15.5 Å².